The minimum Gasteiger partial charge on any atom is -0.348 e. The van der Waals surface area contributed by atoms with Gasteiger partial charge in [0, 0.05) is 11.9 Å². The summed E-state index contributed by atoms with van der Waals surface area (Å²) in [4.78, 5) is 11.4. The number of nitrogens with one attached hydrogen (secondary N) is 1. The van der Waals surface area contributed by atoms with Crippen molar-refractivity contribution >= 4 is 17.5 Å². The van der Waals surface area contributed by atoms with Crippen LogP contribution in [0.3, 0.4) is 0 Å². The van der Waals surface area contributed by atoms with Crippen molar-refractivity contribution in [2.75, 3.05) is 5.88 Å². The number of hydrogen-bond donors (Lipinski definition) is 1. The first-order valence-corrected chi connectivity index (χ1v) is 4.90. The molecule has 15 heavy (non-hydrogen) atoms. The maximum absolute atomic E-state index is 13.1. The zero-order valence-electron chi connectivity index (χ0n) is 8.06. The Balaban J connectivity index is 2.87. The highest BCUT2D eigenvalue weighted by Gasteiger charge is 2.16. The SMILES string of the molecule is CC(CCl)NC(=O)c1cccc(F)c1F. The van der Waals surface area contributed by atoms with Gasteiger partial charge in [-0.2, -0.15) is 0 Å². The molecule has 0 spiro atoms. The van der Waals surface area contributed by atoms with E-state index in [1.165, 1.54) is 12.1 Å². The monoisotopic (exact) mass is 233 g/mol. The number of amides is 1. The molecule has 1 aromatic carbocycles. The second-order valence-corrected chi connectivity index (χ2v) is 3.44. The van der Waals surface area contributed by atoms with E-state index in [9.17, 15) is 13.6 Å². The largest absolute Gasteiger partial charge is 0.348 e. The quantitative estimate of drug-likeness (QED) is 0.798. The van der Waals surface area contributed by atoms with Crippen LogP contribution in [-0.2, 0) is 0 Å². The molecule has 0 heterocycles. The van der Waals surface area contributed by atoms with Crippen molar-refractivity contribution in [3.05, 3.63) is 35.4 Å². The second-order valence-electron chi connectivity index (χ2n) is 3.13. The van der Waals surface area contributed by atoms with E-state index < -0.39 is 17.5 Å². The molecule has 0 saturated heterocycles. The average Bonchev–Trinajstić information content (AvgIpc) is 2.21. The Labute approximate surface area is 91.2 Å². The highest BCUT2D eigenvalue weighted by atomic mass is 35.5. The molecule has 0 radical (unpaired) electrons. The number of halogens is 3. The van der Waals surface area contributed by atoms with Gasteiger partial charge in [-0.05, 0) is 19.1 Å². The van der Waals surface area contributed by atoms with Crippen molar-refractivity contribution in [2.45, 2.75) is 13.0 Å². The van der Waals surface area contributed by atoms with Gasteiger partial charge in [0.25, 0.3) is 5.91 Å². The summed E-state index contributed by atoms with van der Waals surface area (Å²) in [6, 6.07) is 3.16. The predicted molar refractivity (Wildman–Crippen MR) is 54.0 cm³/mol. The molecule has 1 aromatic rings. The van der Waals surface area contributed by atoms with Crippen LogP contribution in [0.25, 0.3) is 0 Å². The van der Waals surface area contributed by atoms with Crippen LogP contribution in [0.2, 0.25) is 0 Å². The number of carbonyl (C=O) groups is 1. The number of carbonyl (C=O) groups excluding carboxylic acids is 1. The molecule has 5 heteroatoms. The Morgan fingerprint density at radius 3 is 2.80 bits per heavy atom. The van der Waals surface area contributed by atoms with Crippen molar-refractivity contribution in [3.8, 4) is 0 Å². The lowest BCUT2D eigenvalue weighted by atomic mass is 10.2. The molecule has 0 aliphatic carbocycles. The van der Waals surface area contributed by atoms with Gasteiger partial charge < -0.3 is 5.32 Å². The summed E-state index contributed by atoms with van der Waals surface area (Å²) < 4.78 is 25.9. The Morgan fingerprint density at radius 2 is 2.20 bits per heavy atom. The first-order valence-electron chi connectivity index (χ1n) is 4.37. The van der Waals surface area contributed by atoms with Crippen LogP contribution in [0.1, 0.15) is 17.3 Å². The molecular formula is C10H10ClF2NO. The molecule has 1 atom stereocenters. The highest BCUT2D eigenvalue weighted by molar-refractivity contribution is 6.18. The summed E-state index contributed by atoms with van der Waals surface area (Å²) in [5.41, 5.74) is -0.313. The molecule has 1 unspecified atom stereocenters. The molecule has 0 fully saturated rings. The van der Waals surface area contributed by atoms with Gasteiger partial charge in [0.05, 0.1) is 5.56 Å². The summed E-state index contributed by atoms with van der Waals surface area (Å²) in [6.45, 7) is 1.67. The van der Waals surface area contributed by atoms with Crippen molar-refractivity contribution in [2.24, 2.45) is 0 Å². The minimum atomic E-state index is -1.14. The fourth-order valence-electron chi connectivity index (χ4n) is 1.02. The molecule has 2 nitrogen and oxygen atoms in total. The lowest BCUT2D eigenvalue weighted by molar-refractivity contribution is 0.0938. The second kappa shape index (κ2) is 5.07. The first-order chi connectivity index (χ1) is 7.06. The van der Waals surface area contributed by atoms with Crippen LogP contribution in [0.15, 0.2) is 18.2 Å². The van der Waals surface area contributed by atoms with E-state index in [2.05, 4.69) is 5.32 Å². The molecule has 1 rings (SSSR count). The molecule has 0 saturated carbocycles. The van der Waals surface area contributed by atoms with E-state index >= 15 is 0 Å². The predicted octanol–water partition coefficient (Wildman–Crippen LogP) is 2.32. The minimum absolute atomic E-state index is 0.211. The highest BCUT2D eigenvalue weighted by Crippen LogP contribution is 2.11. The van der Waals surface area contributed by atoms with Gasteiger partial charge in [-0.25, -0.2) is 8.78 Å². The number of alkyl halides is 1. The van der Waals surface area contributed by atoms with Crippen LogP contribution in [0.4, 0.5) is 8.78 Å². The average molecular weight is 234 g/mol. The standard InChI is InChI=1S/C10H10ClF2NO/c1-6(5-11)14-10(15)7-3-2-4-8(12)9(7)13/h2-4,6H,5H2,1H3,(H,14,15). The third-order valence-electron chi connectivity index (χ3n) is 1.81. The lowest BCUT2D eigenvalue weighted by Crippen LogP contribution is -2.34. The number of rotatable bonds is 3. The Bertz CT molecular complexity index is 370. The van der Waals surface area contributed by atoms with Gasteiger partial charge in [0.15, 0.2) is 11.6 Å². The zero-order valence-corrected chi connectivity index (χ0v) is 8.81. The van der Waals surface area contributed by atoms with E-state index in [0.717, 1.165) is 6.07 Å². The zero-order chi connectivity index (χ0) is 11.4. The molecule has 0 aliphatic heterocycles. The molecule has 1 amide bonds. The molecule has 82 valence electrons. The van der Waals surface area contributed by atoms with E-state index in [-0.39, 0.29) is 17.5 Å². The molecule has 0 bridgehead atoms. The van der Waals surface area contributed by atoms with E-state index in [0.29, 0.717) is 0 Å². The van der Waals surface area contributed by atoms with Crippen LogP contribution in [0, 0.1) is 11.6 Å². The van der Waals surface area contributed by atoms with Crippen LogP contribution >= 0.6 is 11.6 Å². The third kappa shape index (κ3) is 2.89. The smallest absolute Gasteiger partial charge is 0.254 e. The van der Waals surface area contributed by atoms with E-state index in [1.807, 2.05) is 0 Å². The number of benzene rings is 1. The van der Waals surface area contributed by atoms with Gasteiger partial charge in [-0.3, -0.25) is 4.79 Å². The Morgan fingerprint density at radius 1 is 1.53 bits per heavy atom. The third-order valence-corrected chi connectivity index (χ3v) is 2.27. The van der Waals surface area contributed by atoms with Gasteiger partial charge in [-0.15, -0.1) is 11.6 Å². The Kier molecular flexibility index (Phi) is 4.03. The Hall–Kier alpha value is -1.16. The van der Waals surface area contributed by atoms with E-state index in [1.54, 1.807) is 6.92 Å². The van der Waals surface area contributed by atoms with Crippen molar-refractivity contribution in [3.63, 3.8) is 0 Å². The molecule has 0 aliphatic rings. The first kappa shape index (κ1) is 11.9. The van der Waals surface area contributed by atoms with Crippen LogP contribution in [0.5, 0.6) is 0 Å². The maximum atomic E-state index is 13.1. The van der Waals surface area contributed by atoms with Gasteiger partial charge in [0.1, 0.15) is 0 Å². The summed E-state index contributed by atoms with van der Waals surface area (Å²) in [5, 5.41) is 2.44. The number of hydrogen-bond acceptors (Lipinski definition) is 1. The fraction of sp³-hybridized carbons (Fsp3) is 0.300. The van der Waals surface area contributed by atoms with Gasteiger partial charge in [0.2, 0.25) is 0 Å². The summed E-state index contributed by atoms with van der Waals surface area (Å²) in [7, 11) is 0. The normalized spacial score (nSPS) is 12.3. The molecular weight excluding hydrogens is 224 g/mol. The van der Waals surface area contributed by atoms with Gasteiger partial charge in [-0.1, -0.05) is 6.07 Å². The summed E-state index contributed by atoms with van der Waals surface area (Å²) in [6.07, 6.45) is 0. The van der Waals surface area contributed by atoms with Crippen LogP contribution in [-0.4, -0.2) is 17.8 Å². The van der Waals surface area contributed by atoms with E-state index in [4.69, 9.17) is 11.6 Å². The topological polar surface area (TPSA) is 29.1 Å². The maximum Gasteiger partial charge on any atom is 0.254 e. The van der Waals surface area contributed by atoms with Crippen LogP contribution < -0.4 is 5.32 Å². The summed E-state index contributed by atoms with van der Waals surface area (Å²) >= 11 is 5.47. The molecule has 0 aromatic heterocycles. The summed E-state index contributed by atoms with van der Waals surface area (Å²) in [5.74, 6) is -2.64. The molecule has 1 N–H and O–H groups in total. The van der Waals surface area contributed by atoms with Crippen molar-refractivity contribution < 1.29 is 13.6 Å². The lowest BCUT2D eigenvalue weighted by Gasteiger charge is -2.10. The fourth-order valence-corrected chi connectivity index (χ4v) is 1.10. The van der Waals surface area contributed by atoms with Gasteiger partial charge >= 0.3 is 0 Å². The van der Waals surface area contributed by atoms with Crippen molar-refractivity contribution in [1.29, 1.82) is 0 Å². The van der Waals surface area contributed by atoms with Crippen molar-refractivity contribution in [1.82, 2.24) is 5.32 Å².